The van der Waals surface area contributed by atoms with E-state index in [1.807, 2.05) is 34.0 Å². The SMILES string of the molecule is N#Cc1cc2ccsc2c(O)c1I. The van der Waals surface area contributed by atoms with Crippen LogP contribution in [0.15, 0.2) is 17.5 Å². The zero-order valence-corrected chi connectivity index (χ0v) is 9.39. The van der Waals surface area contributed by atoms with E-state index in [9.17, 15) is 5.11 Å². The summed E-state index contributed by atoms with van der Waals surface area (Å²) in [6, 6.07) is 5.75. The summed E-state index contributed by atoms with van der Waals surface area (Å²) in [5, 5.41) is 21.3. The first-order valence-electron chi connectivity index (χ1n) is 3.53. The van der Waals surface area contributed by atoms with Crippen molar-refractivity contribution >= 4 is 44.0 Å². The van der Waals surface area contributed by atoms with Crippen molar-refractivity contribution in [2.75, 3.05) is 0 Å². The van der Waals surface area contributed by atoms with E-state index < -0.39 is 0 Å². The number of fused-ring (bicyclic) bond motifs is 1. The van der Waals surface area contributed by atoms with Crippen LogP contribution in [-0.4, -0.2) is 5.11 Å². The molecule has 0 atom stereocenters. The summed E-state index contributed by atoms with van der Waals surface area (Å²) in [7, 11) is 0. The average molecular weight is 301 g/mol. The minimum Gasteiger partial charge on any atom is -0.505 e. The Bertz CT molecular complexity index is 512. The molecule has 0 saturated carbocycles. The number of nitrogens with zero attached hydrogens (tertiary/aromatic N) is 1. The van der Waals surface area contributed by atoms with Crippen LogP contribution in [0.25, 0.3) is 10.1 Å². The molecule has 0 unspecified atom stereocenters. The van der Waals surface area contributed by atoms with Gasteiger partial charge in [-0.25, -0.2) is 0 Å². The maximum absolute atomic E-state index is 9.71. The molecule has 13 heavy (non-hydrogen) atoms. The highest BCUT2D eigenvalue weighted by Gasteiger charge is 2.10. The lowest BCUT2D eigenvalue weighted by molar-refractivity contribution is 0.478. The zero-order valence-electron chi connectivity index (χ0n) is 6.41. The van der Waals surface area contributed by atoms with Crippen LogP contribution in [0.4, 0.5) is 0 Å². The molecular formula is C9H4INOS. The van der Waals surface area contributed by atoms with Crippen LogP contribution >= 0.6 is 33.9 Å². The molecule has 0 fully saturated rings. The molecule has 1 heterocycles. The van der Waals surface area contributed by atoms with Gasteiger partial charge < -0.3 is 5.11 Å². The molecule has 2 aromatic rings. The number of rotatable bonds is 0. The van der Waals surface area contributed by atoms with E-state index in [2.05, 4.69) is 6.07 Å². The summed E-state index contributed by atoms with van der Waals surface area (Å²) < 4.78 is 1.48. The second-order valence-electron chi connectivity index (χ2n) is 2.54. The molecule has 0 bridgehead atoms. The predicted octanol–water partition coefficient (Wildman–Crippen LogP) is 3.08. The third-order valence-electron chi connectivity index (χ3n) is 1.78. The molecule has 0 aliphatic carbocycles. The fraction of sp³-hybridized carbons (Fsp3) is 0. The van der Waals surface area contributed by atoms with Crippen LogP contribution in [0.1, 0.15) is 5.56 Å². The fourth-order valence-corrected chi connectivity index (χ4v) is 2.71. The number of thiophene rings is 1. The summed E-state index contributed by atoms with van der Waals surface area (Å²) in [5.41, 5.74) is 0.531. The number of hydrogen-bond acceptors (Lipinski definition) is 3. The van der Waals surface area contributed by atoms with Crippen molar-refractivity contribution in [1.29, 1.82) is 5.26 Å². The van der Waals surface area contributed by atoms with E-state index in [0.29, 0.717) is 9.13 Å². The first kappa shape index (κ1) is 8.78. The number of halogens is 1. The van der Waals surface area contributed by atoms with Crippen molar-refractivity contribution in [3.8, 4) is 11.8 Å². The number of phenols is 1. The third-order valence-corrected chi connectivity index (χ3v) is 3.80. The van der Waals surface area contributed by atoms with E-state index in [0.717, 1.165) is 10.1 Å². The third kappa shape index (κ3) is 1.28. The minimum absolute atomic E-state index is 0.227. The van der Waals surface area contributed by atoms with Gasteiger partial charge in [0.05, 0.1) is 13.8 Å². The Kier molecular flexibility index (Phi) is 2.14. The van der Waals surface area contributed by atoms with Crippen molar-refractivity contribution < 1.29 is 5.11 Å². The quantitative estimate of drug-likeness (QED) is 0.760. The molecule has 0 saturated heterocycles. The number of aromatic hydroxyl groups is 1. The Labute approximate surface area is 92.6 Å². The Morgan fingerprint density at radius 2 is 2.31 bits per heavy atom. The summed E-state index contributed by atoms with van der Waals surface area (Å²) in [4.78, 5) is 0. The van der Waals surface area contributed by atoms with Crippen molar-refractivity contribution in [3.05, 3.63) is 26.6 Å². The summed E-state index contributed by atoms with van der Waals surface area (Å²) >= 11 is 3.47. The number of benzene rings is 1. The smallest absolute Gasteiger partial charge is 0.148 e. The van der Waals surface area contributed by atoms with Crippen LogP contribution in [0.5, 0.6) is 5.75 Å². The van der Waals surface area contributed by atoms with Gasteiger partial charge in [-0.2, -0.15) is 5.26 Å². The highest BCUT2D eigenvalue weighted by molar-refractivity contribution is 14.1. The van der Waals surface area contributed by atoms with Gasteiger partial charge in [0.1, 0.15) is 11.8 Å². The van der Waals surface area contributed by atoms with Gasteiger partial charge >= 0.3 is 0 Å². The standard InChI is InChI=1S/C9H4INOS/c10-7-6(4-11)3-5-1-2-13-9(5)8(7)12/h1-3,12H. The van der Waals surface area contributed by atoms with Crippen molar-refractivity contribution in [2.24, 2.45) is 0 Å². The summed E-state index contributed by atoms with van der Waals surface area (Å²) in [5.74, 6) is 0.227. The second kappa shape index (κ2) is 3.16. The topological polar surface area (TPSA) is 44.0 Å². The van der Waals surface area contributed by atoms with E-state index in [1.165, 1.54) is 11.3 Å². The monoisotopic (exact) mass is 301 g/mol. The van der Waals surface area contributed by atoms with Crippen molar-refractivity contribution in [3.63, 3.8) is 0 Å². The molecule has 4 heteroatoms. The normalized spacial score (nSPS) is 10.2. The first-order chi connectivity index (χ1) is 6.24. The van der Waals surface area contributed by atoms with Crippen LogP contribution < -0.4 is 0 Å². The average Bonchev–Trinajstić information content (AvgIpc) is 2.59. The van der Waals surface area contributed by atoms with Crippen LogP contribution in [0, 0.1) is 14.9 Å². The van der Waals surface area contributed by atoms with E-state index in [4.69, 9.17) is 5.26 Å². The Morgan fingerprint density at radius 1 is 1.54 bits per heavy atom. The van der Waals surface area contributed by atoms with Crippen LogP contribution in [-0.2, 0) is 0 Å². The number of hydrogen-bond donors (Lipinski definition) is 1. The second-order valence-corrected chi connectivity index (χ2v) is 4.53. The van der Waals surface area contributed by atoms with Crippen LogP contribution in [0.2, 0.25) is 0 Å². The number of nitriles is 1. The molecule has 2 nitrogen and oxygen atoms in total. The first-order valence-corrected chi connectivity index (χ1v) is 5.48. The van der Waals surface area contributed by atoms with Gasteiger partial charge in [0.25, 0.3) is 0 Å². The zero-order chi connectivity index (χ0) is 9.42. The van der Waals surface area contributed by atoms with Crippen LogP contribution in [0.3, 0.4) is 0 Å². The summed E-state index contributed by atoms with van der Waals surface area (Å²) in [6.45, 7) is 0. The minimum atomic E-state index is 0.227. The Hall–Kier alpha value is -0.800. The lowest BCUT2D eigenvalue weighted by Gasteiger charge is -2.00. The fourth-order valence-electron chi connectivity index (χ4n) is 1.15. The highest BCUT2D eigenvalue weighted by Crippen LogP contribution is 2.35. The molecule has 2 rings (SSSR count). The Balaban J connectivity index is 2.94. The van der Waals surface area contributed by atoms with E-state index in [1.54, 1.807) is 6.07 Å². The van der Waals surface area contributed by atoms with Gasteiger partial charge in [0.2, 0.25) is 0 Å². The van der Waals surface area contributed by atoms with Gasteiger partial charge in [-0.15, -0.1) is 11.3 Å². The maximum Gasteiger partial charge on any atom is 0.148 e. The molecule has 1 aromatic heterocycles. The van der Waals surface area contributed by atoms with Crippen molar-refractivity contribution in [2.45, 2.75) is 0 Å². The molecule has 1 N–H and O–H groups in total. The molecule has 1 aromatic carbocycles. The molecule has 64 valence electrons. The number of phenolic OH excluding ortho intramolecular Hbond substituents is 1. The molecular weight excluding hydrogens is 297 g/mol. The van der Waals surface area contributed by atoms with Gasteiger partial charge in [-0.3, -0.25) is 0 Å². The lowest BCUT2D eigenvalue weighted by Crippen LogP contribution is -1.81. The van der Waals surface area contributed by atoms with Crippen molar-refractivity contribution in [1.82, 2.24) is 0 Å². The highest BCUT2D eigenvalue weighted by atomic mass is 127. The van der Waals surface area contributed by atoms with Gasteiger partial charge in [-0.05, 0) is 45.5 Å². The van der Waals surface area contributed by atoms with Gasteiger partial charge in [0, 0.05) is 0 Å². The summed E-state index contributed by atoms with van der Waals surface area (Å²) in [6.07, 6.45) is 0. The lowest BCUT2D eigenvalue weighted by atomic mass is 10.2. The maximum atomic E-state index is 9.71. The van der Waals surface area contributed by atoms with E-state index >= 15 is 0 Å². The molecule has 0 spiro atoms. The molecule has 0 amide bonds. The van der Waals surface area contributed by atoms with E-state index in [-0.39, 0.29) is 5.75 Å². The van der Waals surface area contributed by atoms with Gasteiger partial charge in [0.15, 0.2) is 0 Å². The largest absolute Gasteiger partial charge is 0.505 e. The predicted molar refractivity (Wildman–Crippen MR) is 60.9 cm³/mol. The molecule has 0 radical (unpaired) electrons. The van der Waals surface area contributed by atoms with Gasteiger partial charge in [-0.1, -0.05) is 0 Å². The molecule has 0 aliphatic heterocycles. The molecule has 0 aliphatic rings. The Morgan fingerprint density at radius 3 is 3.00 bits per heavy atom.